The van der Waals surface area contributed by atoms with Crippen LogP contribution in [0.1, 0.15) is 8.95 Å². The first-order valence-corrected chi connectivity index (χ1v) is 5.63. The van der Waals surface area contributed by atoms with E-state index in [1.54, 1.807) is 0 Å². The number of anilines is 1. The average Bonchev–Trinajstić information content (AvgIpc) is 2.94. The molecule has 1 saturated heterocycles. The number of nitrogens with two attached hydrogens (primary N) is 2. The average molecular weight is 284 g/mol. The first kappa shape index (κ1) is 10.9. The van der Waals surface area contributed by atoms with Crippen LogP contribution in [0.2, 0.25) is 0 Å². The minimum Gasteiger partial charge on any atom is -0.393 e. The van der Waals surface area contributed by atoms with Gasteiger partial charge in [-0.3, -0.25) is 10.3 Å². The van der Waals surface area contributed by atoms with Crippen LogP contribution >= 0.6 is 0 Å². The number of nitrogen functional groups attached to an aromatic ring is 1. The molecule has 7 N–H and O–H groups in total. The maximum Gasteiger partial charge on any atom is 0.173 e. The molecule has 0 unspecified atom stereocenters. The van der Waals surface area contributed by atoms with E-state index in [4.69, 9.17) is 18.9 Å². The third-order valence-corrected chi connectivity index (χ3v) is 3.07. The molecule has 0 bridgehead atoms. The van der Waals surface area contributed by atoms with Crippen LogP contribution in [0.15, 0.2) is 12.7 Å². The van der Waals surface area contributed by atoms with E-state index in [1.807, 2.05) is 0 Å². The van der Waals surface area contributed by atoms with Gasteiger partial charge in [-0.15, -0.1) is 0 Å². The standard InChI is InChI=1S/C10H14N6O4/c11-7-5-8(14-2-13-7)16(3-15-5)9-6(18)10(12,19)4(1-17)20-9/h2-4,6,9,17-19H,1,12H2,(H2,11,13,14)/t4-,6+,9-,10-/m1/s1/i6D,9D. The first-order chi connectivity index (χ1) is 10.2. The molecule has 3 heterocycles. The minimum absolute atomic E-state index is 0.00237. The van der Waals surface area contributed by atoms with Gasteiger partial charge in [-0.25, -0.2) is 15.0 Å². The molecule has 3 rings (SSSR count). The highest BCUT2D eigenvalue weighted by molar-refractivity contribution is 5.81. The summed E-state index contributed by atoms with van der Waals surface area (Å²) in [5, 5.41) is 29.6. The van der Waals surface area contributed by atoms with Gasteiger partial charge in [0, 0.05) is 0 Å². The molecule has 10 nitrogen and oxygen atoms in total. The molecule has 2 aromatic rings. The number of imidazole rings is 1. The summed E-state index contributed by atoms with van der Waals surface area (Å²) >= 11 is 0. The van der Waals surface area contributed by atoms with Gasteiger partial charge in [0.05, 0.1) is 15.7 Å². The van der Waals surface area contributed by atoms with E-state index in [-0.39, 0.29) is 17.0 Å². The fraction of sp³-hybridized carbons (Fsp3) is 0.500. The SMILES string of the molecule is [2H][C@]1(O)[C@]([2H])(n2cnc3c(N)ncnc32)O[C@H](CO)[C@@]1(N)O. The molecule has 0 aliphatic carbocycles. The second-order valence-corrected chi connectivity index (χ2v) is 4.31. The molecule has 0 saturated carbocycles. The molecule has 0 spiro atoms. The summed E-state index contributed by atoms with van der Waals surface area (Å²) in [6.45, 7) is -0.807. The smallest absolute Gasteiger partial charge is 0.173 e. The molecule has 1 aliphatic heterocycles. The van der Waals surface area contributed by atoms with Crippen LogP contribution in [0.25, 0.3) is 11.2 Å². The van der Waals surface area contributed by atoms with Crippen LogP contribution in [-0.4, -0.2) is 59.4 Å². The van der Waals surface area contributed by atoms with E-state index in [0.717, 1.165) is 17.2 Å². The molecule has 4 atom stereocenters. The van der Waals surface area contributed by atoms with Crippen LogP contribution in [0.5, 0.6) is 0 Å². The van der Waals surface area contributed by atoms with Gasteiger partial charge in [0.1, 0.15) is 24.0 Å². The van der Waals surface area contributed by atoms with E-state index in [0.29, 0.717) is 0 Å². The van der Waals surface area contributed by atoms with Crippen molar-refractivity contribution in [1.29, 1.82) is 0 Å². The van der Waals surface area contributed by atoms with E-state index < -0.39 is 30.7 Å². The molecule has 10 heteroatoms. The molecule has 20 heavy (non-hydrogen) atoms. The zero-order chi connectivity index (χ0) is 16.3. The predicted octanol–water partition coefficient (Wildman–Crippen LogP) is -2.69. The summed E-state index contributed by atoms with van der Waals surface area (Å²) in [5.74, 6) is 0.0283. The summed E-state index contributed by atoms with van der Waals surface area (Å²) < 4.78 is 22.2. The van der Waals surface area contributed by atoms with Gasteiger partial charge < -0.3 is 25.8 Å². The second kappa shape index (κ2) is 4.33. The number of aliphatic hydroxyl groups is 3. The van der Waals surface area contributed by atoms with Crippen LogP contribution in [0, 0.1) is 0 Å². The summed E-state index contributed by atoms with van der Waals surface area (Å²) in [6, 6.07) is 0. The molecular weight excluding hydrogens is 268 g/mol. The number of aromatic nitrogens is 4. The number of nitrogens with zero attached hydrogens (tertiary/aromatic N) is 4. The Morgan fingerprint density at radius 3 is 2.90 bits per heavy atom. The van der Waals surface area contributed by atoms with Gasteiger partial charge in [-0.05, 0) is 0 Å². The van der Waals surface area contributed by atoms with Gasteiger partial charge in [-0.1, -0.05) is 0 Å². The summed E-state index contributed by atoms with van der Waals surface area (Å²) in [4.78, 5) is 11.5. The molecule has 2 aromatic heterocycles. The van der Waals surface area contributed by atoms with Crippen molar-refractivity contribution in [2.24, 2.45) is 5.73 Å². The van der Waals surface area contributed by atoms with Crippen molar-refractivity contribution in [2.75, 3.05) is 12.3 Å². The highest BCUT2D eigenvalue weighted by Crippen LogP contribution is 2.35. The second-order valence-electron chi connectivity index (χ2n) is 4.31. The highest BCUT2D eigenvalue weighted by atomic mass is 16.6. The fourth-order valence-electron chi connectivity index (χ4n) is 1.95. The van der Waals surface area contributed by atoms with E-state index in [2.05, 4.69) is 15.0 Å². The Bertz CT molecular complexity index is 737. The topological polar surface area (TPSA) is 166 Å². The van der Waals surface area contributed by atoms with Crippen molar-refractivity contribution in [2.45, 2.75) is 24.1 Å². The Morgan fingerprint density at radius 2 is 2.25 bits per heavy atom. The molecule has 0 aromatic carbocycles. The van der Waals surface area contributed by atoms with Crippen LogP contribution in [0.4, 0.5) is 5.82 Å². The Morgan fingerprint density at radius 1 is 1.50 bits per heavy atom. The number of aliphatic hydroxyl groups excluding tert-OH is 1. The molecule has 1 aliphatic rings. The maximum absolute atomic E-state index is 10.3. The van der Waals surface area contributed by atoms with E-state index in [9.17, 15) is 15.3 Å². The van der Waals surface area contributed by atoms with E-state index >= 15 is 0 Å². The fourth-order valence-corrected chi connectivity index (χ4v) is 1.95. The largest absolute Gasteiger partial charge is 0.393 e. The normalized spacial score (nSPS) is 42.7. The number of rotatable bonds is 2. The molecular formula is C10H14N6O4. The minimum atomic E-state index is -3.03. The maximum atomic E-state index is 10.3. The number of ether oxygens (including phenoxy) is 1. The Balaban J connectivity index is 2.23. The van der Waals surface area contributed by atoms with Gasteiger partial charge >= 0.3 is 0 Å². The van der Waals surface area contributed by atoms with Crippen molar-refractivity contribution in [1.82, 2.24) is 19.5 Å². The lowest BCUT2D eigenvalue weighted by atomic mass is 10.0. The third-order valence-electron chi connectivity index (χ3n) is 3.07. The predicted molar refractivity (Wildman–Crippen MR) is 65.9 cm³/mol. The lowest BCUT2D eigenvalue weighted by Crippen LogP contribution is -2.56. The van der Waals surface area contributed by atoms with Crippen LogP contribution in [-0.2, 0) is 4.74 Å². The third kappa shape index (κ3) is 1.67. The van der Waals surface area contributed by atoms with Crippen molar-refractivity contribution in [3.63, 3.8) is 0 Å². The number of fused-ring (bicyclic) bond motifs is 1. The monoisotopic (exact) mass is 284 g/mol. The Labute approximate surface area is 115 Å². The van der Waals surface area contributed by atoms with Gasteiger partial charge in [0.2, 0.25) is 0 Å². The lowest BCUT2D eigenvalue weighted by Gasteiger charge is -2.24. The van der Waals surface area contributed by atoms with Crippen molar-refractivity contribution >= 4 is 17.0 Å². The van der Waals surface area contributed by atoms with Crippen LogP contribution in [0.3, 0.4) is 0 Å². The zero-order valence-electron chi connectivity index (χ0n) is 12.1. The number of hydrogen-bond donors (Lipinski definition) is 5. The summed E-state index contributed by atoms with van der Waals surface area (Å²) in [5.41, 5.74) is 8.55. The quantitative estimate of drug-likeness (QED) is 0.369. The molecule has 0 amide bonds. The molecule has 0 radical (unpaired) electrons. The number of hydrogen-bond acceptors (Lipinski definition) is 9. The Kier molecular flexibility index (Phi) is 2.35. The summed E-state index contributed by atoms with van der Waals surface area (Å²) in [7, 11) is 0. The van der Waals surface area contributed by atoms with Gasteiger partial charge in [-0.2, -0.15) is 0 Å². The van der Waals surface area contributed by atoms with Crippen molar-refractivity contribution in [3.8, 4) is 0 Å². The Hall–Kier alpha value is -1.85. The lowest BCUT2D eigenvalue weighted by molar-refractivity contribution is -0.0885. The van der Waals surface area contributed by atoms with Gasteiger partial charge in [0.15, 0.2) is 23.4 Å². The van der Waals surface area contributed by atoms with E-state index in [1.165, 1.54) is 0 Å². The van der Waals surface area contributed by atoms with Crippen molar-refractivity contribution < 1.29 is 22.8 Å². The van der Waals surface area contributed by atoms with Crippen LogP contribution < -0.4 is 11.5 Å². The van der Waals surface area contributed by atoms with Gasteiger partial charge in [0.25, 0.3) is 0 Å². The molecule has 1 fully saturated rings. The summed E-state index contributed by atoms with van der Waals surface area (Å²) in [6.07, 6.45) is -5.04. The first-order valence-electron chi connectivity index (χ1n) is 6.63. The molecule has 108 valence electrons. The highest BCUT2D eigenvalue weighted by Gasteiger charge is 2.53. The van der Waals surface area contributed by atoms with Crippen molar-refractivity contribution in [3.05, 3.63) is 12.7 Å². The zero-order valence-corrected chi connectivity index (χ0v) is 10.1.